The van der Waals surface area contributed by atoms with Crippen molar-refractivity contribution in [1.29, 1.82) is 0 Å². The maximum absolute atomic E-state index is 11.1. The monoisotopic (exact) mass is 320 g/mol. The Morgan fingerprint density at radius 2 is 1.75 bits per heavy atom. The average Bonchev–Trinajstić information content (AvgIpc) is 2.12. The summed E-state index contributed by atoms with van der Waals surface area (Å²) < 4.78 is 29.2. The molecule has 0 radical (unpaired) electrons. The first-order valence-corrected chi connectivity index (χ1v) is 8.52. The summed E-state index contributed by atoms with van der Waals surface area (Å²) in [5.41, 5.74) is 2.12. The summed E-state index contributed by atoms with van der Waals surface area (Å²) in [4.78, 5) is 27.5. The first-order chi connectivity index (χ1) is 8.52. The first-order valence-electron chi connectivity index (χ1n) is 5.53. The van der Waals surface area contributed by atoms with Crippen molar-refractivity contribution in [3.05, 3.63) is 23.3 Å². The van der Waals surface area contributed by atoms with Crippen LogP contribution in [0.1, 0.15) is 33.6 Å². The molecule has 0 amide bonds. The van der Waals surface area contributed by atoms with Crippen LogP contribution in [0.2, 0.25) is 0 Å². The molecule has 0 aliphatic carbocycles. The second-order valence-corrected chi connectivity index (χ2v) is 6.97. The smallest absolute Gasteiger partial charge is 0.756 e. The molecule has 0 bridgehead atoms. The number of rotatable bonds is 8. The summed E-state index contributed by atoms with van der Waals surface area (Å²) in [6.07, 6.45) is 5.19. The van der Waals surface area contributed by atoms with Gasteiger partial charge >= 0.3 is 26.7 Å². The molecule has 7 nitrogen and oxygen atoms in total. The van der Waals surface area contributed by atoms with E-state index in [1.165, 1.54) is 11.6 Å². The molecule has 20 heavy (non-hydrogen) atoms. The van der Waals surface area contributed by atoms with Crippen LogP contribution in [0.3, 0.4) is 0 Å². The van der Waals surface area contributed by atoms with Gasteiger partial charge in [-0.1, -0.05) is 23.3 Å². The Morgan fingerprint density at radius 3 is 2.20 bits per heavy atom. The Kier molecular flexibility index (Phi) is 11.5. The third-order valence-electron chi connectivity index (χ3n) is 1.97. The van der Waals surface area contributed by atoms with Gasteiger partial charge in [0.25, 0.3) is 7.82 Å². The van der Waals surface area contributed by atoms with Crippen LogP contribution in [0.4, 0.5) is 0 Å². The van der Waals surface area contributed by atoms with Crippen LogP contribution in [0.5, 0.6) is 0 Å². The minimum atomic E-state index is -5.30. The predicted molar refractivity (Wildman–Crippen MR) is 69.1 cm³/mol. The van der Waals surface area contributed by atoms with Crippen LogP contribution >= 0.6 is 15.6 Å². The fraction of sp³-hybridized carbons (Fsp3) is 0.600. The number of hydrogen-bond donors (Lipinski definition) is 2. The van der Waals surface area contributed by atoms with Crippen molar-refractivity contribution in [2.24, 2.45) is 0 Å². The Bertz CT molecular complexity index is 437. The third kappa shape index (κ3) is 14.7. The molecular formula is C10H19LiO7P2. The zero-order valence-corrected chi connectivity index (χ0v) is 13.9. The molecule has 0 rings (SSSR count). The Morgan fingerprint density at radius 1 is 1.20 bits per heavy atom. The molecule has 0 aromatic carbocycles. The van der Waals surface area contributed by atoms with Gasteiger partial charge in [0.05, 0.1) is 6.61 Å². The third-order valence-corrected chi connectivity index (χ3v) is 4.09. The molecule has 2 N–H and O–H groups in total. The second-order valence-electron chi connectivity index (χ2n) is 4.19. The fourth-order valence-corrected chi connectivity index (χ4v) is 2.61. The minimum absolute atomic E-state index is 0. The van der Waals surface area contributed by atoms with Crippen molar-refractivity contribution in [2.45, 2.75) is 33.6 Å². The largest absolute Gasteiger partial charge is 1.00 e. The van der Waals surface area contributed by atoms with Crippen LogP contribution < -0.4 is 23.8 Å². The van der Waals surface area contributed by atoms with Crippen LogP contribution in [-0.2, 0) is 18.0 Å². The quantitative estimate of drug-likeness (QED) is 0.344. The van der Waals surface area contributed by atoms with Crippen LogP contribution in [-0.4, -0.2) is 16.4 Å². The Balaban J connectivity index is 0. The van der Waals surface area contributed by atoms with Crippen LogP contribution in [0, 0.1) is 0 Å². The van der Waals surface area contributed by atoms with Gasteiger partial charge in [-0.25, -0.2) is 8.88 Å². The summed E-state index contributed by atoms with van der Waals surface area (Å²) in [7, 11) is -10.1. The maximum Gasteiger partial charge on any atom is 1.00 e. The number of hydrogen-bond acceptors (Lipinski definition) is 5. The topological polar surface area (TPSA) is 116 Å². The molecule has 10 heteroatoms. The number of phosphoric ester groups is 1. The van der Waals surface area contributed by atoms with E-state index in [1.54, 1.807) is 0 Å². The van der Waals surface area contributed by atoms with Gasteiger partial charge in [-0.05, 0) is 33.6 Å². The van der Waals surface area contributed by atoms with Gasteiger partial charge in [0.15, 0.2) is 0 Å². The molecule has 0 aliphatic heterocycles. The molecular weight excluding hydrogens is 301 g/mol. The molecule has 2 unspecified atom stereocenters. The molecule has 0 aliphatic rings. The van der Waals surface area contributed by atoms with Crippen molar-refractivity contribution in [2.75, 3.05) is 6.61 Å². The summed E-state index contributed by atoms with van der Waals surface area (Å²) in [5.74, 6) is 0. The molecule has 0 aromatic heterocycles. The summed E-state index contributed by atoms with van der Waals surface area (Å²) >= 11 is 0. The fourth-order valence-electron chi connectivity index (χ4n) is 1.12. The normalized spacial score (nSPS) is 17.6. The van der Waals surface area contributed by atoms with E-state index in [0.29, 0.717) is 0 Å². The van der Waals surface area contributed by atoms with E-state index >= 15 is 0 Å². The predicted octanol–water partition coefficient (Wildman–Crippen LogP) is -0.723. The molecule has 0 saturated carbocycles. The molecule has 112 valence electrons. The molecule has 0 saturated heterocycles. The molecule has 0 aromatic rings. The van der Waals surface area contributed by atoms with Crippen LogP contribution in [0.25, 0.3) is 0 Å². The summed E-state index contributed by atoms with van der Waals surface area (Å²) in [6, 6.07) is 0. The van der Waals surface area contributed by atoms with E-state index in [-0.39, 0.29) is 25.5 Å². The summed E-state index contributed by atoms with van der Waals surface area (Å²) in [6.45, 7) is 5.50. The van der Waals surface area contributed by atoms with Gasteiger partial charge in [0.1, 0.15) is 0 Å². The maximum atomic E-state index is 11.1. The summed E-state index contributed by atoms with van der Waals surface area (Å²) in [5, 5.41) is 0. The van der Waals surface area contributed by atoms with Gasteiger partial charge in [-0.2, -0.15) is 0 Å². The number of allylic oxidation sites excluding steroid dienone is 3. The standard InChI is InChI=1S/C10H20O7P2.Li/c1-9(2)5-4-6-10(3)7-8-16-19(14,15)17-18(11,12)13;/h5,7H,4,6,8H2,1-3H3,(H,14,15)(H2,11,12,13);/q;+1/p-1/b10-7-;. The van der Waals surface area contributed by atoms with Gasteiger partial charge in [-0.3, -0.25) is 9.09 Å². The first kappa shape index (κ1) is 22.6. The van der Waals surface area contributed by atoms with E-state index in [0.717, 1.165) is 18.4 Å². The Hall–Kier alpha value is 0.337. The van der Waals surface area contributed by atoms with E-state index in [2.05, 4.69) is 14.9 Å². The van der Waals surface area contributed by atoms with Crippen molar-refractivity contribution >= 4 is 15.6 Å². The SMILES string of the molecule is CC(C)=CCC/C(C)=C\COP(=O)(O)OP(=O)([O-])O.[Li+]. The van der Waals surface area contributed by atoms with E-state index in [4.69, 9.17) is 9.79 Å². The zero-order valence-electron chi connectivity index (χ0n) is 12.1. The second kappa shape index (κ2) is 10.1. The Labute approximate surface area is 131 Å². The van der Waals surface area contributed by atoms with Crippen LogP contribution in [0.15, 0.2) is 23.3 Å². The van der Waals surface area contributed by atoms with Crippen molar-refractivity contribution in [1.82, 2.24) is 0 Å². The minimum Gasteiger partial charge on any atom is -0.756 e. The van der Waals surface area contributed by atoms with Gasteiger partial charge in [0.2, 0.25) is 0 Å². The van der Waals surface area contributed by atoms with Gasteiger partial charge in [-0.15, -0.1) is 0 Å². The molecule has 0 fully saturated rings. The molecule has 0 spiro atoms. The van der Waals surface area contributed by atoms with E-state index < -0.39 is 15.6 Å². The van der Waals surface area contributed by atoms with Crippen molar-refractivity contribution in [3.63, 3.8) is 0 Å². The van der Waals surface area contributed by atoms with Crippen molar-refractivity contribution < 1.29 is 51.5 Å². The molecule has 2 atom stereocenters. The van der Waals surface area contributed by atoms with Crippen molar-refractivity contribution in [3.8, 4) is 0 Å². The van der Waals surface area contributed by atoms with E-state index in [9.17, 15) is 14.0 Å². The average molecular weight is 320 g/mol. The molecule has 0 heterocycles. The van der Waals surface area contributed by atoms with Gasteiger partial charge in [0, 0.05) is 0 Å². The van der Waals surface area contributed by atoms with E-state index in [1.807, 2.05) is 20.8 Å². The number of phosphoric acid groups is 2. The zero-order chi connectivity index (χ0) is 15.1. The van der Waals surface area contributed by atoms with Gasteiger partial charge < -0.3 is 14.7 Å².